The Morgan fingerprint density at radius 3 is 1.64 bits per heavy atom. The molecular weight excluding hydrogens is 351 g/mol. The van der Waals surface area contributed by atoms with Crippen LogP contribution in [0.1, 0.15) is 96.8 Å². The molecule has 0 aromatic carbocycles. The van der Waals surface area contributed by atoms with E-state index in [9.17, 15) is 4.79 Å². The predicted octanol–water partition coefficient (Wildman–Crippen LogP) is 0.117. The van der Waals surface area contributed by atoms with Crippen LogP contribution in [0.2, 0.25) is 0 Å². The molecule has 0 radical (unpaired) electrons. The van der Waals surface area contributed by atoms with E-state index in [1.54, 1.807) is 0 Å². The molecule has 0 aliphatic carbocycles. The van der Waals surface area contributed by atoms with Gasteiger partial charge in [-0.05, 0) is 32.1 Å². The summed E-state index contributed by atoms with van der Waals surface area (Å²) in [5.41, 5.74) is 0. The molecule has 0 aromatic heterocycles. The van der Waals surface area contributed by atoms with Gasteiger partial charge < -0.3 is 22.1 Å². The fourth-order valence-corrected chi connectivity index (χ4v) is 2.35. The molecule has 0 fully saturated rings. The minimum absolute atomic E-state index is 0. The normalized spacial score (nSPS) is 10.2. The molecule has 0 rings (SSSR count). The van der Waals surface area contributed by atoms with Crippen LogP contribution in [0.25, 0.3) is 0 Å². The topological polar surface area (TPSA) is 37.3 Å². The summed E-state index contributed by atoms with van der Waals surface area (Å²) in [6, 6.07) is 0. The smallest absolute Gasteiger partial charge is 1.00 e. The zero-order valence-corrected chi connectivity index (χ0v) is 18.4. The van der Waals surface area contributed by atoms with Gasteiger partial charge in [-0.2, -0.15) is 0 Å². The van der Waals surface area contributed by atoms with Crippen molar-refractivity contribution >= 4 is 5.97 Å². The van der Waals surface area contributed by atoms with Gasteiger partial charge in [0.25, 0.3) is 0 Å². The first kappa shape index (κ1) is 27.5. The second-order valence-corrected chi connectivity index (χ2v) is 5.73. The Morgan fingerprint density at radius 2 is 1.18 bits per heavy atom. The summed E-state index contributed by atoms with van der Waals surface area (Å²) in [4.78, 5) is 10.3. The fraction of sp³-hybridized carbons (Fsp3) is 0.833. The van der Waals surface area contributed by atoms with E-state index in [-0.39, 0.29) is 46.5 Å². The molecule has 0 unspecified atom stereocenters. The van der Waals surface area contributed by atoms with Crippen molar-refractivity contribution in [2.45, 2.75) is 96.8 Å². The molecular formula is C18H34BrNaO2. The monoisotopic (exact) mass is 384 g/mol. The van der Waals surface area contributed by atoms with Crippen LogP contribution in [0.15, 0.2) is 12.2 Å². The molecule has 0 heterocycles. The van der Waals surface area contributed by atoms with E-state index in [4.69, 9.17) is 5.11 Å². The third-order valence-corrected chi connectivity index (χ3v) is 3.65. The summed E-state index contributed by atoms with van der Waals surface area (Å²) in [7, 11) is 0. The number of hydrogen-bond acceptors (Lipinski definition) is 1. The minimum Gasteiger partial charge on any atom is -1.00 e. The van der Waals surface area contributed by atoms with Crippen molar-refractivity contribution in [2.75, 3.05) is 0 Å². The van der Waals surface area contributed by atoms with Crippen LogP contribution >= 0.6 is 0 Å². The van der Waals surface area contributed by atoms with Gasteiger partial charge >= 0.3 is 35.5 Å². The second kappa shape index (κ2) is 23.9. The summed E-state index contributed by atoms with van der Waals surface area (Å²) in [5.74, 6) is -0.664. The molecule has 0 aliphatic rings. The molecule has 4 heteroatoms. The number of allylic oxidation sites excluding steroid dienone is 2. The van der Waals surface area contributed by atoms with Crippen molar-refractivity contribution in [3.05, 3.63) is 12.2 Å². The van der Waals surface area contributed by atoms with E-state index in [2.05, 4.69) is 19.1 Å². The van der Waals surface area contributed by atoms with Crippen molar-refractivity contribution in [2.24, 2.45) is 0 Å². The average molecular weight is 385 g/mol. The number of carboxylic acids is 1. The van der Waals surface area contributed by atoms with Gasteiger partial charge in [-0.25, -0.2) is 0 Å². The average Bonchev–Trinajstić information content (AvgIpc) is 2.43. The number of halogens is 1. The zero-order chi connectivity index (χ0) is 14.9. The molecule has 1 N–H and O–H groups in total. The Morgan fingerprint density at radius 1 is 0.773 bits per heavy atom. The van der Waals surface area contributed by atoms with Gasteiger partial charge in [-0.15, -0.1) is 0 Å². The maximum atomic E-state index is 10.3. The van der Waals surface area contributed by atoms with E-state index >= 15 is 0 Å². The summed E-state index contributed by atoms with van der Waals surface area (Å²) >= 11 is 0. The van der Waals surface area contributed by atoms with E-state index in [0.717, 1.165) is 12.8 Å². The van der Waals surface area contributed by atoms with Gasteiger partial charge in [0, 0.05) is 6.42 Å². The number of rotatable bonds is 15. The van der Waals surface area contributed by atoms with E-state index in [0.29, 0.717) is 6.42 Å². The van der Waals surface area contributed by atoms with Crippen molar-refractivity contribution in [1.82, 2.24) is 0 Å². The summed E-state index contributed by atoms with van der Waals surface area (Å²) < 4.78 is 0. The van der Waals surface area contributed by atoms with E-state index in [1.807, 2.05) is 0 Å². The third-order valence-electron chi connectivity index (χ3n) is 3.65. The van der Waals surface area contributed by atoms with Gasteiger partial charge in [0.05, 0.1) is 0 Å². The summed E-state index contributed by atoms with van der Waals surface area (Å²) in [5, 5.41) is 8.51. The minimum atomic E-state index is -0.664. The Kier molecular flexibility index (Phi) is 30.0. The molecule has 126 valence electrons. The van der Waals surface area contributed by atoms with Crippen LogP contribution < -0.4 is 46.5 Å². The molecule has 0 spiro atoms. The molecule has 0 amide bonds. The third kappa shape index (κ3) is 25.6. The van der Waals surface area contributed by atoms with Crippen LogP contribution in [0.4, 0.5) is 0 Å². The first-order chi connectivity index (χ1) is 9.77. The quantitative estimate of drug-likeness (QED) is 0.247. The number of carbonyl (C=O) groups is 1. The molecule has 22 heavy (non-hydrogen) atoms. The van der Waals surface area contributed by atoms with Crippen LogP contribution in [0.3, 0.4) is 0 Å². The summed E-state index contributed by atoms with van der Waals surface area (Å²) in [6.07, 6.45) is 21.2. The number of carboxylic acid groups (broad SMARTS) is 1. The van der Waals surface area contributed by atoms with Gasteiger partial charge in [0.1, 0.15) is 0 Å². The van der Waals surface area contributed by atoms with Gasteiger partial charge in [-0.1, -0.05) is 70.4 Å². The Bertz CT molecular complexity index is 245. The molecule has 0 aromatic rings. The Hall–Kier alpha value is 0.690. The molecule has 0 saturated carbocycles. The van der Waals surface area contributed by atoms with Gasteiger partial charge in [-0.3, -0.25) is 4.79 Å². The van der Waals surface area contributed by atoms with Crippen LogP contribution in [-0.4, -0.2) is 11.1 Å². The maximum absolute atomic E-state index is 10.3. The number of hydrogen-bond donors (Lipinski definition) is 1. The Balaban J connectivity index is -0.00000180. The predicted molar refractivity (Wildman–Crippen MR) is 87.1 cm³/mol. The SMILES string of the molecule is CCCCCCCC/C=C\CCCCCCCC(=O)O.[Br-].[Na+]. The molecule has 0 saturated heterocycles. The van der Waals surface area contributed by atoms with Crippen molar-refractivity contribution in [3.63, 3.8) is 0 Å². The molecule has 2 nitrogen and oxygen atoms in total. The first-order valence-corrected chi connectivity index (χ1v) is 8.64. The standard InChI is InChI=1S/C18H34O2.BrH.Na/c1-2-3-4-5-6-7-8-9-10-11-12-13-14-15-16-17-18(19)20;;/h9-10H,2-8,11-17H2,1H3,(H,19,20);1H;/q;;+1/p-1/b10-9-;;. The Labute approximate surface area is 170 Å². The molecule has 0 atom stereocenters. The fourth-order valence-electron chi connectivity index (χ4n) is 2.35. The van der Waals surface area contributed by atoms with Crippen molar-refractivity contribution in [1.29, 1.82) is 0 Å². The molecule has 0 bridgehead atoms. The first-order valence-electron chi connectivity index (χ1n) is 8.64. The largest absolute Gasteiger partial charge is 1.00 e. The number of aliphatic carboxylic acids is 1. The number of unbranched alkanes of at least 4 members (excludes halogenated alkanes) is 11. The van der Waals surface area contributed by atoms with Gasteiger partial charge in [0.2, 0.25) is 0 Å². The van der Waals surface area contributed by atoms with E-state index < -0.39 is 5.97 Å². The van der Waals surface area contributed by atoms with Crippen LogP contribution in [0, 0.1) is 0 Å². The van der Waals surface area contributed by atoms with Crippen molar-refractivity contribution in [3.8, 4) is 0 Å². The van der Waals surface area contributed by atoms with E-state index in [1.165, 1.54) is 70.6 Å². The molecule has 0 aliphatic heterocycles. The summed E-state index contributed by atoms with van der Waals surface area (Å²) in [6.45, 7) is 2.26. The van der Waals surface area contributed by atoms with Crippen molar-refractivity contribution < 1.29 is 56.4 Å². The maximum Gasteiger partial charge on any atom is 1.00 e. The van der Waals surface area contributed by atoms with Crippen LogP contribution in [-0.2, 0) is 4.79 Å². The zero-order valence-electron chi connectivity index (χ0n) is 14.8. The van der Waals surface area contributed by atoms with Gasteiger partial charge in [0.15, 0.2) is 0 Å². The van der Waals surface area contributed by atoms with Crippen LogP contribution in [0.5, 0.6) is 0 Å². The second-order valence-electron chi connectivity index (χ2n) is 5.73.